The van der Waals surface area contributed by atoms with Crippen LogP contribution in [0.3, 0.4) is 0 Å². The summed E-state index contributed by atoms with van der Waals surface area (Å²) >= 11 is 0. The Bertz CT molecular complexity index is 210. The predicted octanol–water partition coefficient (Wildman–Crippen LogP) is 0.397. The van der Waals surface area contributed by atoms with E-state index in [1.807, 2.05) is 0 Å². The summed E-state index contributed by atoms with van der Waals surface area (Å²) in [7, 11) is 0. The van der Waals surface area contributed by atoms with Crippen molar-refractivity contribution < 1.29 is 4.52 Å². The van der Waals surface area contributed by atoms with Gasteiger partial charge in [-0.2, -0.15) is 0 Å². The lowest BCUT2D eigenvalue weighted by atomic mass is 10.4. The van der Waals surface area contributed by atoms with Crippen molar-refractivity contribution >= 4 is 0 Å². The van der Waals surface area contributed by atoms with E-state index in [1.165, 1.54) is 6.26 Å². The normalized spacial score (nSPS) is 9.10. The number of hydrogen-bond acceptors (Lipinski definition) is 3. The second kappa shape index (κ2) is 3.70. The molecule has 0 aliphatic heterocycles. The van der Waals surface area contributed by atoms with E-state index < -0.39 is 0 Å². The van der Waals surface area contributed by atoms with Gasteiger partial charge in [-0.05, 0) is 0 Å². The van der Waals surface area contributed by atoms with Crippen molar-refractivity contribution in [3.63, 3.8) is 0 Å². The Kier molecular flexibility index (Phi) is 2.53. The van der Waals surface area contributed by atoms with Gasteiger partial charge < -0.3 is 9.84 Å². The van der Waals surface area contributed by atoms with Crippen molar-refractivity contribution in [1.82, 2.24) is 10.5 Å². The van der Waals surface area contributed by atoms with Crippen LogP contribution >= 0.6 is 0 Å². The minimum atomic E-state index is 0.562. The standard InChI is InChI=1S/C7H8N2O/c1-2-4-8-6-7-3-5-10-9-7/h1,3,5,8H,4,6H2. The number of hydrogen-bond donors (Lipinski definition) is 1. The number of nitrogens with one attached hydrogen (secondary N) is 1. The van der Waals surface area contributed by atoms with Crippen molar-refractivity contribution in [2.24, 2.45) is 0 Å². The molecule has 1 aromatic rings. The van der Waals surface area contributed by atoms with Gasteiger partial charge in [0.25, 0.3) is 0 Å². The molecule has 0 atom stereocenters. The molecular weight excluding hydrogens is 128 g/mol. The molecule has 1 N–H and O–H groups in total. The van der Waals surface area contributed by atoms with Gasteiger partial charge >= 0.3 is 0 Å². The van der Waals surface area contributed by atoms with Gasteiger partial charge in [0, 0.05) is 12.6 Å². The molecule has 3 nitrogen and oxygen atoms in total. The highest BCUT2D eigenvalue weighted by Crippen LogP contribution is 1.91. The molecule has 0 saturated carbocycles. The quantitative estimate of drug-likeness (QED) is 0.482. The SMILES string of the molecule is C#CCNCc1ccon1. The molecule has 0 radical (unpaired) electrons. The van der Waals surface area contributed by atoms with Gasteiger partial charge in [-0.1, -0.05) is 11.1 Å². The van der Waals surface area contributed by atoms with Crippen molar-refractivity contribution in [1.29, 1.82) is 0 Å². The van der Waals surface area contributed by atoms with Crippen LogP contribution in [0.4, 0.5) is 0 Å². The summed E-state index contributed by atoms with van der Waals surface area (Å²) in [5.41, 5.74) is 0.871. The summed E-state index contributed by atoms with van der Waals surface area (Å²) in [5.74, 6) is 2.46. The molecular formula is C7H8N2O. The Labute approximate surface area is 59.4 Å². The van der Waals surface area contributed by atoms with Gasteiger partial charge in [0.05, 0.1) is 12.2 Å². The van der Waals surface area contributed by atoms with E-state index in [4.69, 9.17) is 6.42 Å². The molecule has 0 amide bonds. The molecule has 0 fully saturated rings. The fourth-order valence-corrected chi connectivity index (χ4v) is 0.591. The molecule has 3 heteroatoms. The second-order valence-corrected chi connectivity index (χ2v) is 1.80. The summed E-state index contributed by atoms with van der Waals surface area (Å²) in [6, 6.07) is 1.80. The zero-order chi connectivity index (χ0) is 7.23. The molecule has 1 rings (SSSR count). The summed E-state index contributed by atoms with van der Waals surface area (Å²) in [6.45, 7) is 1.23. The van der Waals surface area contributed by atoms with Crippen molar-refractivity contribution in [3.05, 3.63) is 18.0 Å². The first kappa shape index (κ1) is 6.84. The third-order valence-electron chi connectivity index (χ3n) is 1.02. The first-order valence-corrected chi connectivity index (χ1v) is 2.97. The van der Waals surface area contributed by atoms with Crippen LogP contribution in [-0.4, -0.2) is 11.7 Å². The predicted molar refractivity (Wildman–Crippen MR) is 37.0 cm³/mol. The van der Waals surface area contributed by atoms with Crippen LogP contribution in [0.5, 0.6) is 0 Å². The Morgan fingerprint density at radius 2 is 2.70 bits per heavy atom. The minimum absolute atomic E-state index is 0.562. The fraction of sp³-hybridized carbons (Fsp3) is 0.286. The Balaban J connectivity index is 2.23. The van der Waals surface area contributed by atoms with Gasteiger partial charge in [0.2, 0.25) is 0 Å². The molecule has 1 heterocycles. The van der Waals surface area contributed by atoms with Crippen molar-refractivity contribution in [2.45, 2.75) is 6.54 Å². The lowest BCUT2D eigenvalue weighted by Crippen LogP contribution is -2.12. The van der Waals surface area contributed by atoms with E-state index in [2.05, 4.69) is 20.9 Å². The van der Waals surface area contributed by atoms with E-state index in [0.717, 1.165) is 5.69 Å². The van der Waals surface area contributed by atoms with Gasteiger partial charge in [-0.15, -0.1) is 6.42 Å². The van der Waals surface area contributed by atoms with E-state index >= 15 is 0 Å². The highest BCUT2D eigenvalue weighted by molar-refractivity contribution is 4.95. The smallest absolute Gasteiger partial charge is 0.124 e. The first-order chi connectivity index (χ1) is 4.93. The molecule has 0 aliphatic rings. The second-order valence-electron chi connectivity index (χ2n) is 1.80. The van der Waals surface area contributed by atoms with Crippen molar-refractivity contribution in [2.75, 3.05) is 6.54 Å². The summed E-state index contributed by atoms with van der Waals surface area (Å²) < 4.78 is 4.60. The maximum absolute atomic E-state index is 5.01. The highest BCUT2D eigenvalue weighted by Gasteiger charge is 1.91. The molecule has 0 saturated heterocycles. The largest absolute Gasteiger partial charge is 0.364 e. The molecule has 0 aliphatic carbocycles. The van der Waals surface area contributed by atoms with E-state index in [-0.39, 0.29) is 0 Å². The monoisotopic (exact) mass is 136 g/mol. The lowest BCUT2D eigenvalue weighted by molar-refractivity contribution is 0.409. The number of aromatic nitrogens is 1. The topological polar surface area (TPSA) is 38.1 Å². The maximum atomic E-state index is 5.01. The van der Waals surface area contributed by atoms with E-state index in [9.17, 15) is 0 Å². The van der Waals surface area contributed by atoms with Gasteiger partial charge in [0.1, 0.15) is 6.26 Å². The minimum Gasteiger partial charge on any atom is -0.364 e. The zero-order valence-corrected chi connectivity index (χ0v) is 5.50. The molecule has 0 unspecified atom stereocenters. The van der Waals surface area contributed by atoms with Crippen LogP contribution in [0.25, 0.3) is 0 Å². The van der Waals surface area contributed by atoms with Crippen LogP contribution in [0.1, 0.15) is 5.69 Å². The van der Waals surface area contributed by atoms with Crippen LogP contribution in [-0.2, 0) is 6.54 Å². The van der Waals surface area contributed by atoms with E-state index in [1.54, 1.807) is 6.07 Å². The Morgan fingerprint density at radius 1 is 1.80 bits per heavy atom. The maximum Gasteiger partial charge on any atom is 0.124 e. The van der Waals surface area contributed by atoms with Gasteiger partial charge in [-0.25, -0.2) is 0 Å². The third kappa shape index (κ3) is 1.92. The van der Waals surface area contributed by atoms with E-state index in [0.29, 0.717) is 13.1 Å². The molecule has 10 heavy (non-hydrogen) atoms. The molecule has 0 spiro atoms. The first-order valence-electron chi connectivity index (χ1n) is 2.97. The molecule has 0 aromatic carbocycles. The number of terminal acetylenes is 1. The Morgan fingerprint density at radius 3 is 3.30 bits per heavy atom. The van der Waals surface area contributed by atoms with Crippen LogP contribution in [0.15, 0.2) is 16.9 Å². The average Bonchev–Trinajstić information content (AvgIpc) is 2.41. The summed E-state index contributed by atoms with van der Waals surface area (Å²) in [5, 5.41) is 6.66. The molecule has 52 valence electrons. The Hall–Kier alpha value is -1.27. The number of nitrogens with zero attached hydrogens (tertiary/aromatic N) is 1. The van der Waals surface area contributed by atoms with Gasteiger partial charge in [-0.3, -0.25) is 0 Å². The third-order valence-corrected chi connectivity index (χ3v) is 1.02. The van der Waals surface area contributed by atoms with Gasteiger partial charge in [0.15, 0.2) is 0 Å². The summed E-state index contributed by atoms with van der Waals surface area (Å²) in [6.07, 6.45) is 6.55. The lowest BCUT2D eigenvalue weighted by Gasteiger charge is -1.92. The van der Waals surface area contributed by atoms with Crippen LogP contribution < -0.4 is 5.32 Å². The zero-order valence-electron chi connectivity index (χ0n) is 5.50. The van der Waals surface area contributed by atoms with Crippen LogP contribution in [0.2, 0.25) is 0 Å². The molecule has 0 bridgehead atoms. The van der Waals surface area contributed by atoms with Crippen LogP contribution in [0, 0.1) is 12.3 Å². The molecule has 1 aromatic heterocycles. The van der Waals surface area contributed by atoms with Crippen molar-refractivity contribution in [3.8, 4) is 12.3 Å². The fourth-order valence-electron chi connectivity index (χ4n) is 0.591. The highest BCUT2D eigenvalue weighted by atomic mass is 16.5. The summed E-state index contributed by atoms with van der Waals surface area (Å²) in [4.78, 5) is 0. The number of rotatable bonds is 3. The average molecular weight is 136 g/mol.